The number of hydrogen-bond acceptors (Lipinski definition) is 2. The number of para-hydroxylation sites is 1. The first-order chi connectivity index (χ1) is 6.70. The molecule has 0 aliphatic heterocycles. The topological polar surface area (TPSA) is 22.0 Å². The van der Waals surface area contributed by atoms with Gasteiger partial charge in [0, 0.05) is 0 Å². The molecule has 72 valence electrons. The third-order valence-corrected chi connectivity index (χ3v) is 3.59. The van der Waals surface area contributed by atoms with Crippen LogP contribution in [0, 0.1) is 0 Å². The van der Waals surface area contributed by atoms with Gasteiger partial charge < -0.3 is 0 Å². The smallest absolute Gasteiger partial charge is 0.266 e. The van der Waals surface area contributed by atoms with Crippen molar-refractivity contribution in [1.29, 1.82) is 0 Å². The van der Waals surface area contributed by atoms with Crippen LogP contribution in [0.1, 0.15) is 0 Å². The van der Waals surface area contributed by atoms with Gasteiger partial charge in [0.25, 0.3) is 5.56 Å². The van der Waals surface area contributed by atoms with E-state index in [2.05, 4.69) is 0 Å². The van der Waals surface area contributed by atoms with Crippen LogP contribution in [0.4, 0.5) is 0 Å². The summed E-state index contributed by atoms with van der Waals surface area (Å²) in [6.07, 6.45) is 0. The van der Waals surface area contributed by atoms with Crippen molar-refractivity contribution < 1.29 is 0 Å². The Morgan fingerprint density at radius 3 is 2.29 bits per heavy atom. The predicted molar refractivity (Wildman–Crippen MR) is 59.9 cm³/mol. The molecule has 14 heavy (non-hydrogen) atoms. The van der Waals surface area contributed by atoms with Gasteiger partial charge in [-0.3, -0.25) is 4.79 Å². The fraction of sp³-hybridized carbons (Fsp3) is 0. The van der Waals surface area contributed by atoms with Gasteiger partial charge in [-0.15, -0.1) is 0 Å². The molecule has 0 atom stereocenters. The Bertz CT molecular complexity index is 503. The summed E-state index contributed by atoms with van der Waals surface area (Å²) in [7, 11) is 0. The summed E-state index contributed by atoms with van der Waals surface area (Å²) in [5, 5.41) is 0.0838. The standard InChI is InChI=1S/C9H5Cl2NOS/c10-7-8(11)14-12(9(7)13)6-4-2-1-3-5-6/h1-5H. The third-order valence-electron chi connectivity index (χ3n) is 1.71. The van der Waals surface area contributed by atoms with E-state index in [1.165, 1.54) is 3.96 Å². The van der Waals surface area contributed by atoms with E-state index in [9.17, 15) is 4.79 Å². The Labute approximate surface area is 94.5 Å². The van der Waals surface area contributed by atoms with Crippen LogP contribution in [-0.2, 0) is 0 Å². The lowest BCUT2D eigenvalue weighted by Gasteiger charge is -1.97. The van der Waals surface area contributed by atoms with Gasteiger partial charge in [-0.25, -0.2) is 3.96 Å². The number of rotatable bonds is 1. The maximum Gasteiger partial charge on any atom is 0.285 e. The molecule has 0 saturated heterocycles. The first-order valence-electron chi connectivity index (χ1n) is 3.83. The van der Waals surface area contributed by atoms with E-state index in [4.69, 9.17) is 23.2 Å². The fourth-order valence-corrected chi connectivity index (χ4v) is 2.32. The van der Waals surface area contributed by atoms with Gasteiger partial charge in [0.1, 0.15) is 9.36 Å². The van der Waals surface area contributed by atoms with E-state index in [1.807, 2.05) is 30.3 Å². The number of benzene rings is 1. The zero-order chi connectivity index (χ0) is 10.1. The van der Waals surface area contributed by atoms with Crippen LogP contribution in [0.2, 0.25) is 9.36 Å². The molecule has 2 aromatic rings. The van der Waals surface area contributed by atoms with Gasteiger partial charge in [-0.05, 0) is 23.7 Å². The van der Waals surface area contributed by atoms with E-state index in [-0.39, 0.29) is 10.6 Å². The molecule has 5 heteroatoms. The highest BCUT2D eigenvalue weighted by Crippen LogP contribution is 2.25. The SMILES string of the molecule is O=c1c(Cl)c(Cl)sn1-c1ccccc1. The highest BCUT2D eigenvalue weighted by molar-refractivity contribution is 7.12. The molecule has 2 rings (SSSR count). The maximum absolute atomic E-state index is 11.5. The quantitative estimate of drug-likeness (QED) is 0.757. The van der Waals surface area contributed by atoms with Crippen LogP contribution in [0.15, 0.2) is 35.1 Å². The molecule has 0 radical (unpaired) electrons. The molecule has 2 nitrogen and oxygen atoms in total. The minimum Gasteiger partial charge on any atom is -0.266 e. The van der Waals surface area contributed by atoms with Crippen molar-refractivity contribution in [2.75, 3.05) is 0 Å². The minimum absolute atomic E-state index is 0.0838. The van der Waals surface area contributed by atoms with Crippen molar-refractivity contribution in [1.82, 2.24) is 3.96 Å². The van der Waals surface area contributed by atoms with Gasteiger partial charge in [-0.1, -0.05) is 41.4 Å². The van der Waals surface area contributed by atoms with E-state index in [1.54, 1.807) is 0 Å². The Morgan fingerprint density at radius 2 is 1.79 bits per heavy atom. The van der Waals surface area contributed by atoms with Gasteiger partial charge >= 0.3 is 0 Å². The zero-order valence-corrected chi connectivity index (χ0v) is 9.23. The van der Waals surface area contributed by atoms with E-state index in [0.29, 0.717) is 4.34 Å². The highest BCUT2D eigenvalue weighted by atomic mass is 35.5. The molecular weight excluding hydrogens is 241 g/mol. The van der Waals surface area contributed by atoms with E-state index in [0.717, 1.165) is 17.2 Å². The molecule has 0 saturated carbocycles. The summed E-state index contributed by atoms with van der Waals surface area (Å²) in [6.45, 7) is 0. The van der Waals surface area contributed by atoms with E-state index < -0.39 is 0 Å². The molecule has 0 amide bonds. The zero-order valence-electron chi connectivity index (χ0n) is 6.91. The van der Waals surface area contributed by atoms with Crippen molar-refractivity contribution in [3.05, 3.63) is 50.0 Å². The van der Waals surface area contributed by atoms with Gasteiger partial charge in [0.15, 0.2) is 0 Å². The van der Waals surface area contributed by atoms with Crippen LogP contribution in [-0.4, -0.2) is 3.96 Å². The molecule has 1 aromatic carbocycles. The third kappa shape index (κ3) is 1.59. The first-order valence-corrected chi connectivity index (χ1v) is 5.36. The second-order valence-electron chi connectivity index (χ2n) is 2.61. The van der Waals surface area contributed by atoms with E-state index >= 15 is 0 Å². The van der Waals surface area contributed by atoms with Crippen molar-refractivity contribution in [3.63, 3.8) is 0 Å². The number of halogens is 2. The number of aromatic nitrogens is 1. The number of nitrogens with zero attached hydrogens (tertiary/aromatic N) is 1. The van der Waals surface area contributed by atoms with Crippen LogP contribution in [0.5, 0.6) is 0 Å². The molecule has 0 aliphatic carbocycles. The average Bonchev–Trinajstić information content (AvgIpc) is 2.47. The Hall–Kier alpha value is -0.770. The van der Waals surface area contributed by atoms with Gasteiger partial charge in [-0.2, -0.15) is 0 Å². The fourth-order valence-electron chi connectivity index (χ4n) is 1.07. The normalized spacial score (nSPS) is 10.4. The second-order valence-corrected chi connectivity index (χ2v) is 4.55. The maximum atomic E-state index is 11.5. The highest BCUT2D eigenvalue weighted by Gasteiger charge is 2.11. The summed E-state index contributed by atoms with van der Waals surface area (Å²) in [6, 6.07) is 9.23. The molecule has 0 N–H and O–H groups in total. The average molecular weight is 246 g/mol. The summed E-state index contributed by atoms with van der Waals surface area (Å²) in [5.74, 6) is 0. The lowest BCUT2D eigenvalue weighted by molar-refractivity contribution is 1.13. The molecule has 0 fully saturated rings. The molecular formula is C9H5Cl2NOS. The Balaban J connectivity index is 2.64. The van der Waals surface area contributed by atoms with Crippen LogP contribution < -0.4 is 5.56 Å². The molecule has 0 aliphatic rings. The van der Waals surface area contributed by atoms with Gasteiger partial charge in [0.2, 0.25) is 0 Å². The van der Waals surface area contributed by atoms with Crippen LogP contribution >= 0.6 is 34.7 Å². The summed E-state index contributed by atoms with van der Waals surface area (Å²) in [4.78, 5) is 11.5. The molecule has 1 heterocycles. The molecule has 0 spiro atoms. The van der Waals surface area contributed by atoms with Crippen molar-refractivity contribution in [2.45, 2.75) is 0 Å². The van der Waals surface area contributed by atoms with Crippen LogP contribution in [0.3, 0.4) is 0 Å². The van der Waals surface area contributed by atoms with Crippen LogP contribution in [0.25, 0.3) is 5.69 Å². The first kappa shape index (κ1) is 9.77. The Morgan fingerprint density at radius 1 is 1.14 bits per heavy atom. The Kier molecular flexibility index (Phi) is 2.63. The van der Waals surface area contributed by atoms with Crippen molar-refractivity contribution >= 4 is 34.7 Å². The largest absolute Gasteiger partial charge is 0.285 e. The molecule has 0 unspecified atom stereocenters. The van der Waals surface area contributed by atoms with Crippen molar-refractivity contribution in [2.24, 2.45) is 0 Å². The molecule has 0 bridgehead atoms. The van der Waals surface area contributed by atoms with Gasteiger partial charge in [0.05, 0.1) is 5.69 Å². The summed E-state index contributed by atoms with van der Waals surface area (Å²) < 4.78 is 1.78. The lowest BCUT2D eigenvalue weighted by Crippen LogP contribution is -2.10. The van der Waals surface area contributed by atoms with Crippen molar-refractivity contribution in [3.8, 4) is 5.69 Å². The summed E-state index contributed by atoms with van der Waals surface area (Å²) >= 11 is 12.6. The predicted octanol–water partition coefficient (Wildman–Crippen LogP) is 3.21. The number of hydrogen-bond donors (Lipinski definition) is 0. The minimum atomic E-state index is -0.270. The second kappa shape index (κ2) is 3.77. The summed E-state index contributed by atoms with van der Waals surface area (Å²) in [5.41, 5.74) is 0.504. The lowest BCUT2D eigenvalue weighted by atomic mass is 10.3. The molecule has 1 aromatic heterocycles. The monoisotopic (exact) mass is 245 g/mol.